The second-order valence-corrected chi connectivity index (χ2v) is 10.1. The first-order valence-corrected chi connectivity index (χ1v) is 12.0. The van der Waals surface area contributed by atoms with Crippen LogP contribution in [0.15, 0.2) is 0 Å². The lowest BCUT2D eigenvalue weighted by molar-refractivity contribution is -0.00422. The lowest BCUT2D eigenvalue weighted by Crippen LogP contribution is -2.28. The Balaban J connectivity index is 2.68. The Hall–Kier alpha value is 0.545. The third-order valence-corrected chi connectivity index (χ3v) is 6.67. The van der Waals surface area contributed by atoms with Crippen molar-refractivity contribution in [3.63, 3.8) is 0 Å². The fourth-order valence-electron chi connectivity index (χ4n) is 1.65. The van der Waals surface area contributed by atoms with Crippen molar-refractivity contribution in [2.24, 2.45) is 0 Å². The molecule has 20 heteroatoms. The van der Waals surface area contributed by atoms with E-state index in [0.717, 1.165) is 0 Å². The van der Waals surface area contributed by atoms with Gasteiger partial charge in [0, 0.05) is 6.00 Å². The monoisotopic (exact) mass is 448 g/mol. The van der Waals surface area contributed by atoms with Crippen LogP contribution in [0, 0.1) is 0 Å². The number of phosphoric ester groups is 2. The summed E-state index contributed by atoms with van der Waals surface area (Å²) in [5.41, 5.74) is 0. The van der Waals surface area contributed by atoms with Crippen molar-refractivity contribution in [1.82, 2.24) is 0 Å². The van der Waals surface area contributed by atoms with Gasteiger partial charge in [-0.1, -0.05) is 0 Å². The van der Waals surface area contributed by atoms with E-state index in [2.05, 4.69) is 17.7 Å². The normalized spacial score (nSPS) is 29.9. The first kappa shape index (κ1) is 23.6. The van der Waals surface area contributed by atoms with Gasteiger partial charge in [-0.25, -0.2) is 18.3 Å². The van der Waals surface area contributed by atoms with Crippen molar-refractivity contribution >= 4 is 39.1 Å². The average Bonchev–Trinajstić information content (AvgIpc) is 2.59. The predicted octanol–water partition coefficient (Wildman–Crippen LogP) is -0.909. The number of ether oxygens (including phenoxy) is 1. The topological polar surface area (TPSA) is 236 Å². The lowest BCUT2D eigenvalue weighted by atomic mass is 9.96. The van der Waals surface area contributed by atoms with Crippen molar-refractivity contribution in [1.29, 1.82) is 0 Å². The van der Waals surface area contributed by atoms with Crippen molar-refractivity contribution in [3.05, 3.63) is 0 Å². The van der Waals surface area contributed by atoms with E-state index in [1.54, 1.807) is 0 Å². The molecule has 5 atom stereocenters. The zero-order valence-electron chi connectivity index (χ0n) is 11.9. The number of phosphoric acid groups is 4. The average molecular weight is 448 g/mol. The molecule has 2 radical (unpaired) electrons. The van der Waals surface area contributed by atoms with Crippen LogP contribution in [0.3, 0.4) is 0 Å². The summed E-state index contributed by atoms with van der Waals surface area (Å²) >= 11 is 0. The van der Waals surface area contributed by atoms with Gasteiger partial charge in [-0.3, -0.25) is 9.05 Å². The summed E-state index contributed by atoms with van der Waals surface area (Å²) < 4.78 is 64.4. The second-order valence-electron chi connectivity index (χ2n) is 4.47. The highest BCUT2D eigenvalue weighted by Gasteiger charge is 2.43. The highest BCUT2D eigenvalue weighted by Crippen LogP contribution is 2.66. The molecule has 0 bridgehead atoms. The van der Waals surface area contributed by atoms with E-state index >= 15 is 0 Å². The molecule has 15 nitrogen and oxygen atoms in total. The molecule has 1 saturated heterocycles. The Morgan fingerprint density at radius 2 is 1.48 bits per heavy atom. The SMILES string of the molecule is [B]C1CC(OP(=O)(O)O)C(COP(=O)(O)OP(=O)(O)OP(=O)(O)O)O1. The molecule has 6 N–H and O–H groups in total. The Labute approximate surface area is 141 Å². The minimum atomic E-state index is -5.68. The summed E-state index contributed by atoms with van der Waals surface area (Å²) in [6.07, 6.45) is -2.93. The molecule has 1 fully saturated rings. The Bertz CT molecular complexity index is 652. The molecule has 5 unspecified atom stereocenters. The highest BCUT2D eigenvalue weighted by atomic mass is 31.3. The van der Waals surface area contributed by atoms with Crippen LogP contribution in [-0.4, -0.2) is 62.0 Å². The maximum atomic E-state index is 11.5. The quantitative estimate of drug-likeness (QED) is 0.185. The van der Waals surface area contributed by atoms with E-state index in [4.69, 9.17) is 37.1 Å². The standard InChI is InChI=1S/C5H13BO15P4/c6-5-1-3(19-22(7,8)9)4(18-5)2-17-24(13,14)21-25(15,16)20-23(10,11)12/h3-5H,1-2H2,(H,13,14)(H,15,16)(H2,7,8,9)(H2,10,11,12). The molecule has 0 spiro atoms. The van der Waals surface area contributed by atoms with Crippen LogP contribution in [0.1, 0.15) is 6.42 Å². The van der Waals surface area contributed by atoms with E-state index in [-0.39, 0.29) is 6.42 Å². The van der Waals surface area contributed by atoms with Gasteiger partial charge < -0.3 is 34.1 Å². The highest BCUT2D eigenvalue weighted by molar-refractivity contribution is 7.66. The summed E-state index contributed by atoms with van der Waals surface area (Å²) in [5, 5.41) is 0. The Morgan fingerprint density at radius 3 is 1.96 bits per heavy atom. The molecule has 0 aromatic carbocycles. The van der Waals surface area contributed by atoms with Crippen molar-refractivity contribution < 1.29 is 70.0 Å². The van der Waals surface area contributed by atoms with Crippen molar-refractivity contribution in [2.45, 2.75) is 24.6 Å². The molecule has 1 aliphatic heterocycles. The van der Waals surface area contributed by atoms with Gasteiger partial charge in [0.1, 0.15) is 14.0 Å². The van der Waals surface area contributed by atoms with Crippen molar-refractivity contribution in [3.8, 4) is 0 Å². The van der Waals surface area contributed by atoms with E-state index in [0.29, 0.717) is 0 Å². The van der Waals surface area contributed by atoms with Gasteiger partial charge in [-0.15, -0.1) is 0 Å². The van der Waals surface area contributed by atoms with Crippen molar-refractivity contribution in [2.75, 3.05) is 6.61 Å². The summed E-state index contributed by atoms with van der Waals surface area (Å²) in [7, 11) is -16.2. The molecule has 0 aromatic heterocycles. The number of hydrogen-bond acceptors (Lipinski definition) is 9. The van der Waals surface area contributed by atoms with Crippen LogP contribution in [0.2, 0.25) is 0 Å². The molecule has 0 saturated carbocycles. The zero-order valence-corrected chi connectivity index (χ0v) is 15.4. The second kappa shape index (κ2) is 8.28. The van der Waals surface area contributed by atoms with Crippen LogP contribution in [0.4, 0.5) is 0 Å². The van der Waals surface area contributed by atoms with Crippen LogP contribution in [-0.2, 0) is 40.7 Å². The van der Waals surface area contributed by atoms with Crippen LogP contribution < -0.4 is 0 Å². The molecule has 0 aromatic rings. The molecule has 146 valence electrons. The minimum Gasteiger partial charge on any atom is -0.380 e. The maximum absolute atomic E-state index is 11.5. The van der Waals surface area contributed by atoms with Crippen LogP contribution >= 0.6 is 31.3 Å². The lowest BCUT2D eigenvalue weighted by Gasteiger charge is -2.21. The van der Waals surface area contributed by atoms with E-state index in [1.165, 1.54) is 0 Å². The first-order valence-electron chi connectivity index (χ1n) is 5.91. The van der Waals surface area contributed by atoms with Gasteiger partial charge in [0.2, 0.25) is 0 Å². The van der Waals surface area contributed by atoms with Crippen LogP contribution in [0.5, 0.6) is 0 Å². The number of rotatable bonds is 9. The molecule has 1 heterocycles. The molecular formula is C5H13BO15P4. The summed E-state index contributed by atoms with van der Waals surface area (Å²) in [5.74, 6) is 0. The molecular weight excluding hydrogens is 435 g/mol. The largest absolute Gasteiger partial charge is 0.490 e. The fraction of sp³-hybridized carbons (Fsp3) is 1.00. The first-order chi connectivity index (χ1) is 11.0. The van der Waals surface area contributed by atoms with E-state index in [9.17, 15) is 23.2 Å². The molecule has 0 amide bonds. The van der Waals surface area contributed by atoms with Gasteiger partial charge >= 0.3 is 31.3 Å². The Morgan fingerprint density at radius 1 is 0.920 bits per heavy atom. The van der Waals surface area contributed by atoms with Crippen LogP contribution in [0.25, 0.3) is 0 Å². The zero-order chi connectivity index (χ0) is 19.7. The van der Waals surface area contributed by atoms with Gasteiger partial charge in [-0.05, 0) is 6.42 Å². The smallest absolute Gasteiger partial charge is 0.380 e. The third-order valence-electron chi connectivity index (χ3n) is 2.32. The van der Waals surface area contributed by atoms with Gasteiger partial charge in [-0.2, -0.15) is 8.62 Å². The van der Waals surface area contributed by atoms with E-state index < -0.39 is 56.1 Å². The molecule has 0 aliphatic carbocycles. The summed E-state index contributed by atoms with van der Waals surface area (Å²) in [6, 6.07) is -1.05. The summed E-state index contributed by atoms with van der Waals surface area (Å²) in [4.78, 5) is 52.4. The predicted molar refractivity (Wildman–Crippen MR) is 75.8 cm³/mol. The molecule has 1 aliphatic rings. The number of hydrogen-bond donors (Lipinski definition) is 6. The molecule has 1 rings (SSSR count). The van der Waals surface area contributed by atoms with Gasteiger partial charge in [0.15, 0.2) is 0 Å². The fourth-order valence-corrected chi connectivity index (χ4v) is 5.26. The third kappa shape index (κ3) is 9.87. The van der Waals surface area contributed by atoms with E-state index in [1.807, 2.05) is 0 Å². The minimum absolute atomic E-state index is 0.213. The van der Waals surface area contributed by atoms with Gasteiger partial charge in [0.05, 0.1) is 12.7 Å². The molecule has 25 heavy (non-hydrogen) atoms. The summed E-state index contributed by atoms with van der Waals surface area (Å²) in [6.45, 7) is -0.942. The maximum Gasteiger partial charge on any atom is 0.490 e. The Kier molecular flexibility index (Phi) is 7.81. The van der Waals surface area contributed by atoms with Gasteiger partial charge in [0.25, 0.3) is 0 Å².